The Morgan fingerprint density at radius 3 is 2.77 bits per heavy atom. The summed E-state index contributed by atoms with van der Waals surface area (Å²) in [4.78, 5) is 25.7. The smallest absolute Gasteiger partial charge is 0.273 e. The number of aromatic nitrogens is 1. The number of amides is 2. The summed E-state index contributed by atoms with van der Waals surface area (Å²) in [5.41, 5.74) is 0.123. The Morgan fingerprint density at radius 1 is 1.23 bits per heavy atom. The average Bonchev–Trinajstić information content (AvgIpc) is 3.23. The molecular weight excluding hydrogens is 286 g/mol. The van der Waals surface area contributed by atoms with Gasteiger partial charge in [-0.25, -0.2) is 0 Å². The Labute approximate surface area is 127 Å². The molecule has 3 rings (SSSR count). The fourth-order valence-electron chi connectivity index (χ4n) is 2.42. The highest BCUT2D eigenvalue weighted by atomic mass is 16.5. The van der Waals surface area contributed by atoms with Gasteiger partial charge < -0.3 is 19.2 Å². The van der Waals surface area contributed by atoms with Crippen LogP contribution in [0.3, 0.4) is 0 Å². The van der Waals surface area contributed by atoms with Gasteiger partial charge in [0, 0.05) is 19.2 Å². The predicted octanol–water partition coefficient (Wildman–Crippen LogP) is 1.68. The minimum Gasteiger partial charge on any atom is -0.461 e. The number of hydrogen-bond donors (Lipinski definition) is 1. The molecule has 2 aromatic heterocycles. The van der Waals surface area contributed by atoms with Crippen molar-refractivity contribution in [3.05, 3.63) is 30.2 Å². The van der Waals surface area contributed by atoms with Crippen LogP contribution in [0.2, 0.25) is 0 Å². The fourth-order valence-corrected chi connectivity index (χ4v) is 2.42. The maximum atomic E-state index is 12.0. The van der Waals surface area contributed by atoms with Crippen LogP contribution in [0.1, 0.15) is 29.8 Å². The lowest BCUT2D eigenvalue weighted by Crippen LogP contribution is -2.42. The van der Waals surface area contributed by atoms with E-state index in [1.54, 1.807) is 17.0 Å². The van der Waals surface area contributed by atoms with Crippen molar-refractivity contribution in [2.75, 3.05) is 19.6 Å². The van der Waals surface area contributed by atoms with Gasteiger partial charge in [0.2, 0.25) is 11.7 Å². The summed E-state index contributed by atoms with van der Waals surface area (Å²) in [7, 11) is 0. The summed E-state index contributed by atoms with van der Waals surface area (Å²) in [6.45, 7) is 1.50. The molecule has 1 N–H and O–H groups in total. The quantitative estimate of drug-likeness (QED) is 0.928. The summed E-state index contributed by atoms with van der Waals surface area (Å²) in [6.07, 6.45) is 4.71. The molecule has 2 aromatic rings. The maximum absolute atomic E-state index is 12.0. The minimum atomic E-state index is -0.438. The van der Waals surface area contributed by atoms with Gasteiger partial charge >= 0.3 is 0 Å². The first kappa shape index (κ1) is 14.4. The summed E-state index contributed by atoms with van der Waals surface area (Å²) >= 11 is 0. The van der Waals surface area contributed by atoms with Crippen molar-refractivity contribution in [1.82, 2.24) is 15.4 Å². The van der Waals surface area contributed by atoms with Crippen molar-refractivity contribution >= 4 is 11.8 Å². The molecule has 2 amide bonds. The van der Waals surface area contributed by atoms with Crippen LogP contribution in [-0.4, -0.2) is 41.5 Å². The minimum absolute atomic E-state index is 0.0260. The number of furan rings is 1. The molecule has 1 aliphatic heterocycles. The topological polar surface area (TPSA) is 88.6 Å². The van der Waals surface area contributed by atoms with Crippen molar-refractivity contribution < 1.29 is 18.5 Å². The van der Waals surface area contributed by atoms with E-state index in [-0.39, 0.29) is 18.1 Å². The molecule has 22 heavy (non-hydrogen) atoms. The molecule has 0 unspecified atom stereocenters. The molecule has 0 saturated carbocycles. The third kappa shape index (κ3) is 3.19. The highest BCUT2D eigenvalue weighted by molar-refractivity contribution is 5.95. The largest absolute Gasteiger partial charge is 0.461 e. The van der Waals surface area contributed by atoms with Crippen molar-refractivity contribution in [2.24, 2.45) is 0 Å². The molecule has 0 radical (unpaired) electrons. The maximum Gasteiger partial charge on any atom is 0.273 e. The first-order chi connectivity index (χ1) is 10.7. The number of nitrogens with zero attached hydrogens (tertiary/aromatic N) is 2. The third-order valence-electron chi connectivity index (χ3n) is 3.62. The van der Waals surface area contributed by atoms with Gasteiger partial charge in [0.15, 0.2) is 11.5 Å². The zero-order valence-corrected chi connectivity index (χ0v) is 12.1. The molecular formula is C15H17N3O4. The second-order valence-electron chi connectivity index (χ2n) is 5.18. The van der Waals surface area contributed by atoms with E-state index in [1.165, 1.54) is 12.3 Å². The lowest BCUT2D eigenvalue weighted by molar-refractivity contribution is -0.130. The number of rotatable bonds is 4. The van der Waals surface area contributed by atoms with Gasteiger partial charge in [-0.3, -0.25) is 9.59 Å². The summed E-state index contributed by atoms with van der Waals surface area (Å²) in [5.74, 6) is 0.364. The van der Waals surface area contributed by atoms with Gasteiger partial charge in [0.25, 0.3) is 5.91 Å². The van der Waals surface area contributed by atoms with E-state index in [4.69, 9.17) is 8.94 Å². The van der Waals surface area contributed by atoms with Crippen molar-refractivity contribution in [2.45, 2.75) is 19.3 Å². The Morgan fingerprint density at radius 2 is 2.05 bits per heavy atom. The molecule has 0 atom stereocenters. The lowest BCUT2D eigenvalue weighted by atomic mass is 10.1. The van der Waals surface area contributed by atoms with Gasteiger partial charge in [-0.15, -0.1) is 0 Å². The fraction of sp³-hybridized carbons (Fsp3) is 0.400. The highest BCUT2D eigenvalue weighted by Gasteiger charge is 2.19. The van der Waals surface area contributed by atoms with Gasteiger partial charge in [-0.05, 0) is 31.4 Å². The summed E-state index contributed by atoms with van der Waals surface area (Å²) in [6, 6.07) is 4.91. The molecule has 0 spiro atoms. The molecule has 0 bridgehead atoms. The molecule has 1 fully saturated rings. The summed E-state index contributed by atoms with van der Waals surface area (Å²) < 4.78 is 10.2. The van der Waals surface area contributed by atoms with E-state index >= 15 is 0 Å². The van der Waals surface area contributed by atoms with Crippen molar-refractivity contribution in [1.29, 1.82) is 0 Å². The second-order valence-corrected chi connectivity index (χ2v) is 5.18. The molecule has 116 valence electrons. The van der Waals surface area contributed by atoms with E-state index in [9.17, 15) is 9.59 Å². The van der Waals surface area contributed by atoms with Gasteiger partial charge in [0.1, 0.15) is 0 Å². The van der Waals surface area contributed by atoms with Gasteiger partial charge in [-0.1, -0.05) is 5.16 Å². The first-order valence-corrected chi connectivity index (χ1v) is 7.30. The number of carbonyl (C=O) groups excluding carboxylic acids is 2. The zero-order chi connectivity index (χ0) is 15.4. The molecule has 1 saturated heterocycles. The standard InChI is InChI=1S/C15H17N3O4/c19-14(18-6-2-1-3-7-18)10-16-15(20)11-9-13(22-17-11)12-5-4-8-21-12/h4-5,8-9H,1-3,6-7,10H2,(H,16,20). The van der Waals surface area contributed by atoms with E-state index < -0.39 is 5.91 Å². The van der Waals surface area contributed by atoms with E-state index in [1.807, 2.05) is 0 Å². The Balaban J connectivity index is 1.54. The van der Waals surface area contributed by atoms with Crippen LogP contribution in [0.5, 0.6) is 0 Å². The number of likely N-dealkylation sites (tertiary alicyclic amines) is 1. The molecule has 0 aromatic carbocycles. The lowest BCUT2D eigenvalue weighted by Gasteiger charge is -2.26. The van der Waals surface area contributed by atoms with Gasteiger partial charge in [0.05, 0.1) is 12.8 Å². The number of nitrogens with one attached hydrogen (secondary N) is 1. The monoisotopic (exact) mass is 303 g/mol. The van der Waals surface area contributed by atoms with Crippen LogP contribution in [0.4, 0.5) is 0 Å². The van der Waals surface area contributed by atoms with E-state index in [0.29, 0.717) is 11.5 Å². The number of hydrogen-bond acceptors (Lipinski definition) is 5. The SMILES string of the molecule is O=C(NCC(=O)N1CCCCC1)c1cc(-c2ccco2)on1. The van der Waals surface area contributed by atoms with Gasteiger partial charge in [-0.2, -0.15) is 0 Å². The summed E-state index contributed by atoms with van der Waals surface area (Å²) in [5, 5.41) is 6.26. The van der Waals surface area contributed by atoms with E-state index in [2.05, 4.69) is 10.5 Å². The highest BCUT2D eigenvalue weighted by Crippen LogP contribution is 2.20. The van der Waals surface area contributed by atoms with Crippen LogP contribution in [-0.2, 0) is 4.79 Å². The molecule has 7 heteroatoms. The second kappa shape index (κ2) is 6.46. The molecule has 7 nitrogen and oxygen atoms in total. The Kier molecular flexibility index (Phi) is 4.22. The molecule has 3 heterocycles. The van der Waals surface area contributed by atoms with Crippen LogP contribution in [0, 0.1) is 0 Å². The van der Waals surface area contributed by atoms with Crippen LogP contribution in [0.25, 0.3) is 11.5 Å². The Hall–Kier alpha value is -2.57. The van der Waals surface area contributed by atoms with Crippen LogP contribution >= 0.6 is 0 Å². The first-order valence-electron chi connectivity index (χ1n) is 7.30. The van der Waals surface area contributed by atoms with Crippen molar-refractivity contribution in [3.63, 3.8) is 0 Å². The number of carbonyl (C=O) groups is 2. The molecule has 1 aliphatic rings. The zero-order valence-electron chi connectivity index (χ0n) is 12.1. The predicted molar refractivity (Wildman–Crippen MR) is 77.0 cm³/mol. The third-order valence-corrected chi connectivity index (χ3v) is 3.62. The Bertz CT molecular complexity index is 642. The van der Waals surface area contributed by atoms with E-state index in [0.717, 1.165) is 32.4 Å². The number of piperidine rings is 1. The van der Waals surface area contributed by atoms with Crippen LogP contribution < -0.4 is 5.32 Å². The van der Waals surface area contributed by atoms with Crippen LogP contribution in [0.15, 0.2) is 33.4 Å². The molecule has 0 aliphatic carbocycles. The average molecular weight is 303 g/mol. The van der Waals surface area contributed by atoms with Crippen molar-refractivity contribution in [3.8, 4) is 11.5 Å². The normalized spacial score (nSPS) is 14.8.